The molecule has 2 aliphatic carbocycles. The Morgan fingerprint density at radius 1 is 1.32 bits per heavy atom. The average Bonchev–Trinajstić information content (AvgIpc) is 2.57. The number of hydrogen-bond acceptors (Lipinski definition) is 1. The van der Waals surface area contributed by atoms with Crippen molar-refractivity contribution in [2.75, 3.05) is 6.61 Å². The Kier molecular flexibility index (Phi) is 3.03. The first-order valence-corrected chi connectivity index (χ1v) is 7.35. The van der Waals surface area contributed by atoms with Gasteiger partial charge in [0.2, 0.25) is 0 Å². The third kappa shape index (κ3) is 1.94. The molecule has 0 aliphatic heterocycles. The van der Waals surface area contributed by atoms with E-state index < -0.39 is 0 Å². The molecule has 98 valence electrons. The van der Waals surface area contributed by atoms with Crippen LogP contribution in [0.15, 0.2) is 52.0 Å². The fourth-order valence-electron chi connectivity index (χ4n) is 3.11. The highest BCUT2D eigenvalue weighted by Gasteiger charge is 2.36. The molecule has 0 saturated heterocycles. The Hall–Kier alpha value is -1.12. The minimum Gasteiger partial charge on any atom is -0.392 e. The Morgan fingerprint density at radius 2 is 2.11 bits per heavy atom. The van der Waals surface area contributed by atoms with Gasteiger partial charge < -0.3 is 5.11 Å². The lowest BCUT2D eigenvalue weighted by atomic mass is 9.80. The van der Waals surface area contributed by atoms with E-state index in [9.17, 15) is 5.11 Å². The molecular weight excluding hydrogens is 300 g/mol. The van der Waals surface area contributed by atoms with Crippen LogP contribution in [0.4, 0.5) is 0 Å². The SMILES string of the molecule is CC1(C)C2=C(CC=CC(CO)=C2)c2ccc(Br)cc21. The Labute approximate surface area is 122 Å². The average molecular weight is 317 g/mol. The topological polar surface area (TPSA) is 20.2 Å². The van der Waals surface area contributed by atoms with E-state index in [1.807, 2.05) is 6.08 Å². The van der Waals surface area contributed by atoms with Gasteiger partial charge in [0.15, 0.2) is 0 Å². The molecule has 2 aliphatic rings. The van der Waals surface area contributed by atoms with Gasteiger partial charge in [0.25, 0.3) is 0 Å². The molecule has 0 radical (unpaired) electrons. The maximum Gasteiger partial charge on any atom is 0.0681 e. The lowest BCUT2D eigenvalue weighted by Crippen LogP contribution is -2.16. The molecule has 0 saturated carbocycles. The number of hydrogen-bond donors (Lipinski definition) is 1. The van der Waals surface area contributed by atoms with E-state index in [2.05, 4.69) is 60.1 Å². The van der Waals surface area contributed by atoms with Crippen LogP contribution in [-0.2, 0) is 5.41 Å². The fraction of sp³-hybridized carbons (Fsp3) is 0.294. The molecule has 2 heteroatoms. The highest BCUT2D eigenvalue weighted by atomic mass is 79.9. The zero-order chi connectivity index (χ0) is 13.6. The highest BCUT2D eigenvalue weighted by molar-refractivity contribution is 9.10. The van der Waals surface area contributed by atoms with E-state index in [1.165, 1.54) is 22.3 Å². The van der Waals surface area contributed by atoms with Gasteiger partial charge >= 0.3 is 0 Å². The van der Waals surface area contributed by atoms with Crippen LogP contribution < -0.4 is 0 Å². The Balaban J connectivity index is 2.23. The molecule has 0 atom stereocenters. The maximum absolute atomic E-state index is 9.42. The van der Waals surface area contributed by atoms with Crippen LogP contribution in [0, 0.1) is 0 Å². The number of aliphatic hydroxyl groups is 1. The minimum absolute atomic E-state index is 0.000880. The summed E-state index contributed by atoms with van der Waals surface area (Å²) in [6, 6.07) is 6.53. The number of fused-ring (bicyclic) bond motifs is 2. The second-order valence-electron chi connectivity index (χ2n) is 5.69. The molecule has 0 aromatic heterocycles. The summed E-state index contributed by atoms with van der Waals surface area (Å²) in [6.45, 7) is 4.62. The van der Waals surface area contributed by atoms with Crippen molar-refractivity contribution >= 4 is 21.5 Å². The van der Waals surface area contributed by atoms with Crippen LogP contribution >= 0.6 is 15.9 Å². The van der Waals surface area contributed by atoms with Gasteiger partial charge in [-0.2, -0.15) is 0 Å². The Bertz CT molecular complexity index is 633. The molecule has 0 spiro atoms. The van der Waals surface area contributed by atoms with Crippen molar-refractivity contribution in [3.8, 4) is 0 Å². The van der Waals surface area contributed by atoms with Gasteiger partial charge in [0.1, 0.15) is 0 Å². The molecule has 1 aromatic carbocycles. The third-order valence-corrected chi connectivity index (χ3v) is 4.64. The first-order chi connectivity index (χ1) is 9.04. The first-order valence-electron chi connectivity index (χ1n) is 6.56. The van der Waals surface area contributed by atoms with E-state index in [-0.39, 0.29) is 12.0 Å². The summed E-state index contributed by atoms with van der Waals surface area (Å²) in [5, 5.41) is 9.42. The van der Waals surface area contributed by atoms with Crippen LogP contribution in [0.2, 0.25) is 0 Å². The number of rotatable bonds is 1. The van der Waals surface area contributed by atoms with Gasteiger partial charge in [0, 0.05) is 9.89 Å². The van der Waals surface area contributed by atoms with Crippen molar-refractivity contribution < 1.29 is 5.11 Å². The molecule has 19 heavy (non-hydrogen) atoms. The minimum atomic E-state index is 0.000880. The van der Waals surface area contributed by atoms with E-state index in [0.29, 0.717) is 0 Å². The smallest absolute Gasteiger partial charge is 0.0681 e. The number of aliphatic hydroxyl groups excluding tert-OH is 1. The number of benzene rings is 1. The summed E-state index contributed by atoms with van der Waals surface area (Å²) < 4.78 is 1.12. The van der Waals surface area contributed by atoms with Crippen molar-refractivity contribution in [1.82, 2.24) is 0 Å². The molecule has 1 N–H and O–H groups in total. The van der Waals surface area contributed by atoms with Gasteiger partial charge in [-0.1, -0.05) is 54.1 Å². The van der Waals surface area contributed by atoms with Gasteiger partial charge in [-0.25, -0.2) is 0 Å². The molecule has 0 heterocycles. The quantitative estimate of drug-likeness (QED) is 0.815. The molecule has 1 nitrogen and oxygen atoms in total. The largest absolute Gasteiger partial charge is 0.392 e. The summed E-state index contributed by atoms with van der Waals surface area (Å²) in [5.41, 5.74) is 6.45. The summed E-state index contributed by atoms with van der Waals surface area (Å²) >= 11 is 3.57. The monoisotopic (exact) mass is 316 g/mol. The molecule has 0 fully saturated rings. The summed E-state index contributed by atoms with van der Waals surface area (Å²) in [5.74, 6) is 0. The van der Waals surface area contributed by atoms with Crippen molar-refractivity contribution in [2.45, 2.75) is 25.7 Å². The van der Waals surface area contributed by atoms with E-state index in [1.54, 1.807) is 0 Å². The van der Waals surface area contributed by atoms with Gasteiger partial charge in [0.05, 0.1) is 6.61 Å². The predicted octanol–water partition coefficient (Wildman–Crippen LogP) is 4.37. The van der Waals surface area contributed by atoms with Crippen LogP contribution in [0.1, 0.15) is 31.4 Å². The molecule has 3 rings (SSSR count). The van der Waals surface area contributed by atoms with Gasteiger partial charge in [-0.3, -0.25) is 0 Å². The van der Waals surface area contributed by atoms with Crippen LogP contribution in [0.5, 0.6) is 0 Å². The molecule has 0 amide bonds. The fourth-order valence-corrected chi connectivity index (χ4v) is 3.47. The van der Waals surface area contributed by atoms with Crippen LogP contribution in [-0.4, -0.2) is 11.7 Å². The second kappa shape index (κ2) is 4.46. The lowest BCUT2D eigenvalue weighted by Gasteiger charge is -2.23. The van der Waals surface area contributed by atoms with Gasteiger partial charge in [-0.15, -0.1) is 0 Å². The van der Waals surface area contributed by atoms with E-state index in [4.69, 9.17) is 0 Å². The van der Waals surface area contributed by atoms with Crippen molar-refractivity contribution in [2.24, 2.45) is 0 Å². The van der Waals surface area contributed by atoms with E-state index >= 15 is 0 Å². The predicted molar refractivity (Wildman–Crippen MR) is 83.0 cm³/mol. The standard InChI is InChI=1S/C17H17BrO/c1-17(2)15-8-11(10-19)4-3-5-13(15)14-7-6-12(18)9-16(14)17/h3-4,6-9,19H,5,10H2,1-2H3. The normalized spacial score (nSPS) is 19.9. The van der Waals surface area contributed by atoms with Crippen molar-refractivity contribution in [3.63, 3.8) is 0 Å². The number of allylic oxidation sites excluding steroid dienone is 4. The van der Waals surface area contributed by atoms with E-state index in [0.717, 1.165) is 16.5 Å². The zero-order valence-corrected chi connectivity index (χ0v) is 12.8. The maximum atomic E-state index is 9.42. The first kappa shape index (κ1) is 12.9. The molecule has 1 aromatic rings. The second-order valence-corrected chi connectivity index (χ2v) is 6.61. The Morgan fingerprint density at radius 3 is 2.84 bits per heavy atom. The molecule has 0 unspecified atom stereocenters. The van der Waals surface area contributed by atoms with Crippen LogP contribution in [0.25, 0.3) is 5.57 Å². The van der Waals surface area contributed by atoms with Crippen molar-refractivity contribution in [3.05, 3.63) is 63.2 Å². The third-order valence-electron chi connectivity index (χ3n) is 4.14. The molecule has 0 bridgehead atoms. The lowest BCUT2D eigenvalue weighted by molar-refractivity contribution is 0.335. The molecular formula is C17H17BrO. The zero-order valence-electron chi connectivity index (χ0n) is 11.2. The summed E-state index contributed by atoms with van der Waals surface area (Å²) in [4.78, 5) is 0. The highest BCUT2D eigenvalue weighted by Crippen LogP contribution is 2.49. The van der Waals surface area contributed by atoms with Gasteiger partial charge in [-0.05, 0) is 46.4 Å². The summed E-state index contributed by atoms with van der Waals surface area (Å²) in [7, 11) is 0. The number of halogens is 1. The van der Waals surface area contributed by atoms with Crippen LogP contribution in [0.3, 0.4) is 0 Å². The summed E-state index contributed by atoms with van der Waals surface area (Å²) in [6.07, 6.45) is 7.28. The van der Waals surface area contributed by atoms with Crippen molar-refractivity contribution in [1.29, 1.82) is 0 Å².